The fourth-order valence-corrected chi connectivity index (χ4v) is 3.45. The van der Waals surface area contributed by atoms with Gasteiger partial charge in [-0.05, 0) is 73.5 Å². The lowest BCUT2D eigenvalue weighted by atomic mass is 10.2. The van der Waals surface area contributed by atoms with E-state index < -0.39 is 10.1 Å². The van der Waals surface area contributed by atoms with E-state index in [4.69, 9.17) is 15.8 Å². The van der Waals surface area contributed by atoms with Crippen LogP contribution in [0.4, 0.5) is 5.69 Å². The molecular formula is C21H18ClNO3S. The summed E-state index contributed by atoms with van der Waals surface area (Å²) in [4.78, 5) is 4.55. The SMILES string of the molecule is Cc1ccc(S(=O)(=O)Oc2ccc(C=Nc3cc(Cl)ccc3C)cc2)cc1. The van der Waals surface area contributed by atoms with Crippen LogP contribution in [0, 0.1) is 13.8 Å². The van der Waals surface area contributed by atoms with E-state index in [1.165, 1.54) is 12.1 Å². The lowest BCUT2D eigenvalue weighted by Crippen LogP contribution is -2.09. The quantitative estimate of drug-likeness (QED) is 0.422. The van der Waals surface area contributed by atoms with Crippen LogP contribution in [0.25, 0.3) is 0 Å². The molecule has 0 amide bonds. The number of hydrogen-bond donors (Lipinski definition) is 0. The summed E-state index contributed by atoms with van der Waals surface area (Å²) in [7, 11) is -3.86. The minimum absolute atomic E-state index is 0.121. The maximum atomic E-state index is 12.3. The molecule has 4 nitrogen and oxygen atoms in total. The summed E-state index contributed by atoms with van der Waals surface area (Å²) in [6.45, 7) is 3.85. The van der Waals surface area contributed by atoms with Crippen LogP contribution in [0.5, 0.6) is 5.75 Å². The molecule has 0 atom stereocenters. The van der Waals surface area contributed by atoms with Crippen molar-refractivity contribution >= 4 is 33.6 Å². The second-order valence-electron chi connectivity index (χ2n) is 6.11. The average Bonchev–Trinajstić information content (AvgIpc) is 2.64. The van der Waals surface area contributed by atoms with Crippen LogP contribution in [0.2, 0.25) is 5.02 Å². The lowest BCUT2D eigenvalue weighted by molar-refractivity contribution is 0.486. The molecule has 0 spiro atoms. The third-order valence-corrected chi connectivity index (χ3v) is 5.42. The Bertz CT molecular complexity index is 1070. The summed E-state index contributed by atoms with van der Waals surface area (Å²) in [5.41, 5.74) is 3.59. The van der Waals surface area contributed by atoms with Gasteiger partial charge >= 0.3 is 10.1 Å². The molecule has 0 heterocycles. The minimum atomic E-state index is -3.86. The normalized spacial score (nSPS) is 11.7. The Labute approximate surface area is 164 Å². The van der Waals surface area contributed by atoms with E-state index in [9.17, 15) is 8.42 Å². The van der Waals surface area contributed by atoms with Crippen molar-refractivity contribution < 1.29 is 12.6 Å². The lowest BCUT2D eigenvalue weighted by Gasteiger charge is -2.07. The molecule has 6 heteroatoms. The molecule has 138 valence electrons. The zero-order valence-corrected chi connectivity index (χ0v) is 16.5. The van der Waals surface area contributed by atoms with E-state index in [2.05, 4.69) is 4.99 Å². The molecule has 0 aromatic heterocycles. The number of aliphatic imine (C=N–C) groups is 1. The third-order valence-electron chi connectivity index (χ3n) is 3.92. The second kappa shape index (κ2) is 7.94. The number of rotatable bonds is 5. The van der Waals surface area contributed by atoms with Gasteiger partial charge in [-0.1, -0.05) is 35.4 Å². The molecule has 0 bridgehead atoms. The van der Waals surface area contributed by atoms with Crippen LogP contribution in [0.15, 0.2) is 76.6 Å². The Balaban J connectivity index is 1.74. The zero-order chi connectivity index (χ0) is 19.4. The molecule has 0 saturated heterocycles. The van der Waals surface area contributed by atoms with Gasteiger partial charge in [0.15, 0.2) is 0 Å². The molecule has 0 fully saturated rings. The van der Waals surface area contributed by atoms with Crippen molar-refractivity contribution in [2.45, 2.75) is 18.7 Å². The van der Waals surface area contributed by atoms with E-state index in [1.54, 1.807) is 48.7 Å². The zero-order valence-electron chi connectivity index (χ0n) is 14.9. The summed E-state index contributed by atoms with van der Waals surface area (Å²) in [5.74, 6) is 0.242. The predicted molar refractivity (Wildman–Crippen MR) is 109 cm³/mol. The predicted octanol–water partition coefficient (Wildman–Crippen LogP) is 5.48. The first kappa shape index (κ1) is 19.1. The van der Waals surface area contributed by atoms with Gasteiger partial charge in [-0.25, -0.2) is 0 Å². The first-order valence-electron chi connectivity index (χ1n) is 8.25. The Kier molecular flexibility index (Phi) is 5.63. The first-order chi connectivity index (χ1) is 12.8. The van der Waals surface area contributed by atoms with E-state index in [-0.39, 0.29) is 10.6 Å². The van der Waals surface area contributed by atoms with Gasteiger partial charge in [-0.15, -0.1) is 0 Å². The van der Waals surface area contributed by atoms with Gasteiger partial charge < -0.3 is 4.18 Å². The van der Waals surface area contributed by atoms with E-state index in [0.29, 0.717) is 5.02 Å². The molecule has 0 aliphatic carbocycles. The molecule has 3 rings (SSSR count). The Morgan fingerprint density at radius 3 is 2.26 bits per heavy atom. The molecule has 0 saturated carbocycles. The van der Waals surface area contributed by atoms with Crippen molar-refractivity contribution in [2.75, 3.05) is 0 Å². The topological polar surface area (TPSA) is 55.7 Å². The van der Waals surface area contributed by atoms with Crippen LogP contribution in [-0.2, 0) is 10.1 Å². The van der Waals surface area contributed by atoms with Crippen molar-refractivity contribution in [3.8, 4) is 5.75 Å². The van der Waals surface area contributed by atoms with Gasteiger partial charge in [0.1, 0.15) is 10.6 Å². The maximum Gasteiger partial charge on any atom is 0.339 e. The molecular weight excluding hydrogens is 382 g/mol. The summed E-state index contributed by atoms with van der Waals surface area (Å²) in [6, 6.07) is 18.7. The average molecular weight is 400 g/mol. The second-order valence-corrected chi connectivity index (χ2v) is 8.09. The van der Waals surface area contributed by atoms with Crippen LogP contribution >= 0.6 is 11.6 Å². The summed E-state index contributed by atoms with van der Waals surface area (Å²) in [6.07, 6.45) is 1.69. The fourth-order valence-electron chi connectivity index (χ4n) is 2.35. The molecule has 0 N–H and O–H groups in total. The van der Waals surface area contributed by atoms with Crippen molar-refractivity contribution in [1.29, 1.82) is 0 Å². The van der Waals surface area contributed by atoms with Gasteiger partial charge in [0.05, 0.1) is 5.69 Å². The van der Waals surface area contributed by atoms with Gasteiger partial charge in [0, 0.05) is 11.2 Å². The highest BCUT2D eigenvalue weighted by Crippen LogP contribution is 2.23. The Morgan fingerprint density at radius 1 is 0.926 bits per heavy atom. The van der Waals surface area contributed by atoms with Crippen LogP contribution in [0.3, 0.4) is 0 Å². The molecule has 27 heavy (non-hydrogen) atoms. The van der Waals surface area contributed by atoms with Gasteiger partial charge in [-0.2, -0.15) is 8.42 Å². The Hall–Kier alpha value is -2.63. The highest BCUT2D eigenvalue weighted by Gasteiger charge is 2.16. The number of benzene rings is 3. The van der Waals surface area contributed by atoms with E-state index in [0.717, 1.165) is 22.4 Å². The number of aryl methyl sites for hydroxylation is 2. The van der Waals surface area contributed by atoms with E-state index >= 15 is 0 Å². The van der Waals surface area contributed by atoms with Crippen molar-refractivity contribution in [3.05, 3.63) is 88.4 Å². The summed E-state index contributed by atoms with van der Waals surface area (Å²) < 4.78 is 29.8. The van der Waals surface area contributed by atoms with Gasteiger partial charge in [0.2, 0.25) is 0 Å². The highest BCUT2D eigenvalue weighted by molar-refractivity contribution is 7.87. The summed E-state index contributed by atoms with van der Waals surface area (Å²) in [5, 5.41) is 0.623. The van der Waals surface area contributed by atoms with Crippen LogP contribution < -0.4 is 4.18 Å². The molecule has 0 radical (unpaired) electrons. The molecule has 3 aromatic rings. The summed E-state index contributed by atoms with van der Waals surface area (Å²) >= 11 is 5.99. The fraction of sp³-hybridized carbons (Fsp3) is 0.0952. The standard InChI is InChI=1S/C21H18ClNO3S/c1-15-3-11-20(12-4-15)27(24,25)26-19-9-6-17(7-10-19)14-23-21-13-18(22)8-5-16(21)2/h3-14H,1-2H3. The molecule has 0 aliphatic heterocycles. The maximum absolute atomic E-state index is 12.3. The smallest absolute Gasteiger partial charge is 0.339 e. The number of halogens is 1. The van der Waals surface area contributed by atoms with Crippen molar-refractivity contribution in [1.82, 2.24) is 0 Å². The van der Waals surface area contributed by atoms with E-state index in [1.807, 2.05) is 26.0 Å². The highest BCUT2D eigenvalue weighted by atomic mass is 35.5. The molecule has 0 unspecified atom stereocenters. The molecule has 3 aromatic carbocycles. The number of nitrogens with zero attached hydrogens (tertiary/aromatic N) is 1. The molecule has 0 aliphatic rings. The largest absolute Gasteiger partial charge is 0.379 e. The van der Waals surface area contributed by atoms with Crippen molar-refractivity contribution in [2.24, 2.45) is 4.99 Å². The first-order valence-corrected chi connectivity index (χ1v) is 10.0. The van der Waals surface area contributed by atoms with Gasteiger partial charge in [0.25, 0.3) is 0 Å². The number of hydrogen-bond acceptors (Lipinski definition) is 4. The minimum Gasteiger partial charge on any atom is -0.379 e. The van der Waals surface area contributed by atoms with Crippen LogP contribution in [0.1, 0.15) is 16.7 Å². The van der Waals surface area contributed by atoms with Gasteiger partial charge in [-0.3, -0.25) is 4.99 Å². The Morgan fingerprint density at radius 2 is 1.59 bits per heavy atom. The third kappa shape index (κ3) is 4.96. The van der Waals surface area contributed by atoms with Crippen molar-refractivity contribution in [3.63, 3.8) is 0 Å². The monoisotopic (exact) mass is 399 g/mol. The van der Waals surface area contributed by atoms with Crippen LogP contribution in [-0.4, -0.2) is 14.6 Å².